The highest BCUT2D eigenvalue weighted by molar-refractivity contribution is 7.21. The van der Waals surface area contributed by atoms with E-state index in [1.807, 2.05) is 6.92 Å². The Bertz CT molecular complexity index is 696. The molecule has 0 aliphatic carbocycles. The van der Waals surface area contributed by atoms with Crippen LogP contribution in [0.4, 0.5) is 4.39 Å². The van der Waals surface area contributed by atoms with Crippen LogP contribution < -0.4 is 5.32 Å². The zero-order valence-electron chi connectivity index (χ0n) is 11.8. The quantitative estimate of drug-likeness (QED) is 0.890. The second-order valence-electron chi connectivity index (χ2n) is 4.85. The molecule has 1 aromatic heterocycles. The molecule has 0 fully saturated rings. The number of halogens is 1. The maximum atomic E-state index is 13.8. The first-order valence-electron chi connectivity index (χ1n) is 6.64. The lowest BCUT2D eigenvalue weighted by atomic mass is 10.1. The molecule has 1 amide bonds. The molecule has 1 aromatic carbocycles. The normalized spacial score (nSPS) is 12.3. The van der Waals surface area contributed by atoms with E-state index in [9.17, 15) is 14.0 Å². The summed E-state index contributed by atoms with van der Waals surface area (Å²) in [5.41, 5.74) is 0.593. The third-order valence-corrected chi connectivity index (χ3v) is 4.61. The molecule has 2 rings (SSSR count). The third kappa shape index (κ3) is 3.21. The number of carbonyl (C=O) groups excluding carboxylic acids is 1. The number of amides is 1. The Balaban J connectivity index is 2.29. The fraction of sp³-hybridized carbons (Fsp3) is 0.333. The van der Waals surface area contributed by atoms with Gasteiger partial charge in [-0.05, 0) is 31.0 Å². The molecule has 2 N–H and O–H groups in total. The lowest BCUT2D eigenvalue weighted by Gasteiger charge is -2.14. The summed E-state index contributed by atoms with van der Waals surface area (Å²) in [7, 11) is 0. The van der Waals surface area contributed by atoms with E-state index in [0.717, 1.165) is 0 Å². The molecule has 0 aliphatic heterocycles. The van der Waals surface area contributed by atoms with Crippen LogP contribution in [-0.2, 0) is 4.79 Å². The Labute approximate surface area is 125 Å². The molecule has 2 aromatic rings. The van der Waals surface area contributed by atoms with Crippen LogP contribution in [0.2, 0.25) is 0 Å². The average molecular weight is 309 g/mol. The molecule has 1 unspecified atom stereocenters. The Morgan fingerprint density at radius 1 is 1.43 bits per heavy atom. The largest absolute Gasteiger partial charge is 0.481 e. The molecule has 4 nitrogen and oxygen atoms in total. The van der Waals surface area contributed by atoms with Gasteiger partial charge in [-0.1, -0.05) is 13.0 Å². The SMILES string of the molecule is CCC(CC(=O)O)NC(=O)c1sc2cccc(F)c2c1C. The molecule has 6 heteroatoms. The maximum Gasteiger partial charge on any atom is 0.305 e. The number of carboxylic acids is 1. The molecule has 0 aliphatic rings. The Hall–Kier alpha value is -1.95. The molecule has 112 valence electrons. The molecule has 1 heterocycles. The van der Waals surface area contributed by atoms with Crippen molar-refractivity contribution in [3.8, 4) is 0 Å². The zero-order chi connectivity index (χ0) is 15.6. The minimum Gasteiger partial charge on any atom is -0.481 e. The molecule has 1 atom stereocenters. The van der Waals surface area contributed by atoms with Gasteiger partial charge in [-0.3, -0.25) is 9.59 Å². The second-order valence-corrected chi connectivity index (χ2v) is 5.90. The molecular weight excluding hydrogens is 293 g/mol. The van der Waals surface area contributed by atoms with Crippen LogP contribution in [0.15, 0.2) is 18.2 Å². The summed E-state index contributed by atoms with van der Waals surface area (Å²) in [5, 5.41) is 12.0. The van der Waals surface area contributed by atoms with Gasteiger partial charge in [0.1, 0.15) is 5.82 Å². The van der Waals surface area contributed by atoms with Crippen LogP contribution >= 0.6 is 11.3 Å². The summed E-state index contributed by atoms with van der Waals surface area (Å²) < 4.78 is 14.5. The fourth-order valence-corrected chi connectivity index (χ4v) is 3.36. The molecule has 0 spiro atoms. The van der Waals surface area contributed by atoms with Gasteiger partial charge in [0.2, 0.25) is 0 Å². The number of rotatable bonds is 5. The van der Waals surface area contributed by atoms with Crippen LogP contribution in [0, 0.1) is 12.7 Å². The summed E-state index contributed by atoms with van der Waals surface area (Å²) in [4.78, 5) is 23.5. The monoisotopic (exact) mass is 309 g/mol. The van der Waals surface area contributed by atoms with Gasteiger partial charge < -0.3 is 10.4 Å². The van der Waals surface area contributed by atoms with E-state index in [-0.39, 0.29) is 18.1 Å². The first kappa shape index (κ1) is 15.4. The minimum atomic E-state index is -0.957. The van der Waals surface area contributed by atoms with Crippen molar-refractivity contribution < 1.29 is 19.1 Å². The summed E-state index contributed by atoms with van der Waals surface area (Å²) >= 11 is 1.22. The number of thiophene rings is 1. The first-order chi connectivity index (χ1) is 9.93. The van der Waals surface area contributed by atoms with E-state index < -0.39 is 12.0 Å². The third-order valence-electron chi connectivity index (χ3n) is 3.36. The number of fused-ring (bicyclic) bond motifs is 1. The summed E-state index contributed by atoms with van der Waals surface area (Å²) in [6, 6.07) is 4.31. The number of aliphatic carboxylic acids is 1. The van der Waals surface area contributed by atoms with Crippen molar-refractivity contribution >= 4 is 33.3 Å². The highest BCUT2D eigenvalue weighted by Crippen LogP contribution is 2.32. The molecule has 0 radical (unpaired) electrons. The van der Waals surface area contributed by atoms with E-state index in [4.69, 9.17) is 5.11 Å². The standard InChI is InChI=1S/C15H16FNO3S/c1-3-9(7-12(18)19)17-15(20)14-8(2)13-10(16)5-4-6-11(13)21-14/h4-6,9H,3,7H2,1-2H3,(H,17,20)(H,18,19). The van der Waals surface area contributed by atoms with Crippen LogP contribution in [-0.4, -0.2) is 23.0 Å². The number of aryl methyl sites for hydroxylation is 1. The Morgan fingerprint density at radius 3 is 2.71 bits per heavy atom. The second kappa shape index (κ2) is 6.22. The van der Waals surface area contributed by atoms with E-state index >= 15 is 0 Å². The summed E-state index contributed by atoms with van der Waals surface area (Å²) in [6.45, 7) is 3.51. The van der Waals surface area contributed by atoms with Gasteiger partial charge >= 0.3 is 5.97 Å². The molecule has 0 saturated carbocycles. The smallest absolute Gasteiger partial charge is 0.305 e. The zero-order valence-corrected chi connectivity index (χ0v) is 12.6. The number of carbonyl (C=O) groups is 2. The number of hydrogen-bond donors (Lipinski definition) is 2. The van der Waals surface area contributed by atoms with Crippen LogP contribution in [0.25, 0.3) is 10.1 Å². The summed E-state index contributed by atoms with van der Waals surface area (Å²) in [6.07, 6.45) is 0.400. The van der Waals surface area contributed by atoms with E-state index in [1.165, 1.54) is 17.4 Å². The molecule has 0 bridgehead atoms. The van der Waals surface area contributed by atoms with Crippen molar-refractivity contribution in [3.05, 3.63) is 34.5 Å². The van der Waals surface area contributed by atoms with Crippen molar-refractivity contribution in [1.29, 1.82) is 0 Å². The van der Waals surface area contributed by atoms with Gasteiger partial charge in [0, 0.05) is 16.1 Å². The Morgan fingerprint density at radius 2 is 2.14 bits per heavy atom. The van der Waals surface area contributed by atoms with Crippen LogP contribution in [0.5, 0.6) is 0 Å². The first-order valence-corrected chi connectivity index (χ1v) is 7.46. The van der Waals surface area contributed by atoms with Crippen molar-refractivity contribution in [2.24, 2.45) is 0 Å². The van der Waals surface area contributed by atoms with Gasteiger partial charge in [-0.15, -0.1) is 11.3 Å². The maximum absolute atomic E-state index is 13.8. The lowest BCUT2D eigenvalue weighted by Crippen LogP contribution is -2.35. The van der Waals surface area contributed by atoms with Crippen molar-refractivity contribution in [1.82, 2.24) is 5.32 Å². The van der Waals surface area contributed by atoms with Gasteiger partial charge in [0.25, 0.3) is 5.91 Å². The van der Waals surface area contributed by atoms with Gasteiger partial charge in [0.15, 0.2) is 0 Å². The van der Waals surface area contributed by atoms with Crippen molar-refractivity contribution in [2.45, 2.75) is 32.7 Å². The lowest BCUT2D eigenvalue weighted by molar-refractivity contribution is -0.137. The average Bonchev–Trinajstić information content (AvgIpc) is 2.76. The van der Waals surface area contributed by atoms with E-state index in [0.29, 0.717) is 26.9 Å². The highest BCUT2D eigenvalue weighted by atomic mass is 32.1. The van der Waals surface area contributed by atoms with Crippen LogP contribution in [0.1, 0.15) is 35.0 Å². The van der Waals surface area contributed by atoms with Crippen molar-refractivity contribution in [2.75, 3.05) is 0 Å². The topological polar surface area (TPSA) is 66.4 Å². The van der Waals surface area contributed by atoms with E-state index in [2.05, 4.69) is 5.32 Å². The number of nitrogens with one attached hydrogen (secondary N) is 1. The van der Waals surface area contributed by atoms with Gasteiger partial charge in [-0.2, -0.15) is 0 Å². The summed E-state index contributed by atoms with van der Waals surface area (Å²) in [5.74, 6) is -1.65. The number of carboxylic acid groups (broad SMARTS) is 1. The van der Waals surface area contributed by atoms with Gasteiger partial charge in [0.05, 0.1) is 11.3 Å². The van der Waals surface area contributed by atoms with Gasteiger partial charge in [-0.25, -0.2) is 4.39 Å². The minimum absolute atomic E-state index is 0.124. The predicted octanol–water partition coefficient (Wildman–Crippen LogP) is 3.33. The van der Waals surface area contributed by atoms with E-state index in [1.54, 1.807) is 19.1 Å². The molecular formula is C15H16FNO3S. The number of benzene rings is 1. The molecule has 21 heavy (non-hydrogen) atoms. The number of hydrogen-bond acceptors (Lipinski definition) is 3. The van der Waals surface area contributed by atoms with Crippen molar-refractivity contribution in [3.63, 3.8) is 0 Å². The fourth-order valence-electron chi connectivity index (χ4n) is 2.23. The highest BCUT2D eigenvalue weighted by Gasteiger charge is 2.20. The van der Waals surface area contributed by atoms with Crippen LogP contribution in [0.3, 0.4) is 0 Å². The Kier molecular flexibility index (Phi) is 4.57. The molecule has 0 saturated heterocycles. The predicted molar refractivity (Wildman–Crippen MR) is 80.3 cm³/mol.